The summed E-state index contributed by atoms with van der Waals surface area (Å²) in [7, 11) is 0. The molecule has 3 nitrogen and oxygen atoms in total. The van der Waals surface area contributed by atoms with E-state index in [4.69, 9.17) is 0 Å². The van der Waals surface area contributed by atoms with Gasteiger partial charge >= 0.3 is 0 Å². The van der Waals surface area contributed by atoms with Crippen molar-refractivity contribution in [3.8, 4) is 0 Å². The van der Waals surface area contributed by atoms with E-state index in [0.29, 0.717) is 0 Å². The Balaban J connectivity index is 0.00000147. The Bertz CT molecular complexity index is 483. The third-order valence-corrected chi connectivity index (χ3v) is 4.59. The molecular formula is C16H23ClN2O. The van der Waals surface area contributed by atoms with Crippen molar-refractivity contribution in [2.75, 3.05) is 13.1 Å². The van der Waals surface area contributed by atoms with Gasteiger partial charge in [0.1, 0.15) is 0 Å². The van der Waals surface area contributed by atoms with Gasteiger partial charge in [0.2, 0.25) is 5.91 Å². The first-order chi connectivity index (χ1) is 9.19. The zero-order valence-electron chi connectivity index (χ0n) is 11.9. The Morgan fingerprint density at radius 1 is 1.40 bits per heavy atom. The minimum absolute atomic E-state index is 0. The molecule has 1 fully saturated rings. The summed E-state index contributed by atoms with van der Waals surface area (Å²) in [6.07, 6.45) is 4.30. The van der Waals surface area contributed by atoms with Gasteiger partial charge in [-0.25, -0.2) is 0 Å². The molecule has 0 bridgehead atoms. The fourth-order valence-electron chi connectivity index (χ4n) is 3.25. The van der Waals surface area contributed by atoms with Crippen molar-refractivity contribution in [2.24, 2.45) is 5.41 Å². The molecule has 1 saturated heterocycles. The summed E-state index contributed by atoms with van der Waals surface area (Å²) in [4.78, 5) is 12.5. The van der Waals surface area contributed by atoms with Crippen LogP contribution in [0, 0.1) is 5.41 Å². The second kappa shape index (κ2) is 6.15. The molecular weight excluding hydrogens is 272 g/mol. The SMILES string of the molecule is CC1(C(=O)NC2CCCc3ccccc32)CCNC1.Cl. The number of aryl methyl sites for hydroxylation is 1. The molecule has 0 spiro atoms. The maximum Gasteiger partial charge on any atom is 0.227 e. The highest BCUT2D eigenvalue weighted by molar-refractivity contribution is 5.85. The van der Waals surface area contributed by atoms with Crippen molar-refractivity contribution in [3.05, 3.63) is 35.4 Å². The van der Waals surface area contributed by atoms with Gasteiger partial charge in [0.25, 0.3) is 0 Å². The molecule has 1 amide bonds. The van der Waals surface area contributed by atoms with Gasteiger partial charge in [-0.15, -0.1) is 12.4 Å². The number of hydrogen-bond donors (Lipinski definition) is 2. The summed E-state index contributed by atoms with van der Waals surface area (Å²) in [5, 5.41) is 6.57. The van der Waals surface area contributed by atoms with Crippen LogP contribution in [0.15, 0.2) is 24.3 Å². The van der Waals surface area contributed by atoms with Gasteiger partial charge < -0.3 is 10.6 Å². The fourth-order valence-corrected chi connectivity index (χ4v) is 3.25. The van der Waals surface area contributed by atoms with Gasteiger partial charge in [0.15, 0.2) is 0 Å². The largest absolute Gasteiger partial charge is 0.349 e. The lowest BCUT2D eigenvalue weighted by Crippen LogP contribution is -2.42. The molecule has 110 valence electrons. The summed E-state index contributed by atoms with van der Waals surface area (Å²) in [6.45, 7) is 3.81. The Labute approximate surface area is 126 Å². The van der Waals surface area contributed by atoms with Crippen LogP contribution in [0.3, 0.4) is 0 Å². The van der Waals surface area contributed by atoms with E-state index in [1.54, 1.807) is 0 Å². The van der Waals surface area contributed by atoms with E-state index in [-0.39, 0.29) is 29.8 Å². The first-order valence-electron chi connectivity index (χ1n) is 7.28. The zero-order valence-corrected chi connectivity index (χ0v) is 12.8. The first-order valence-corrected chi connectivity index (χ1v) is 7.28. The van der Waals surface area contributed by atoms with Gasteiger partial charge in [-0.05, 0) is 50.3 Å². The number of hydrogen-bond acceptors (Lipinski definition) is 2. The molecule has 1 aliphatic heterocycles. The van der Waals surface area contributed by atoms with Crippen LogP contribution in [0.2, 0.25) is 0 Å². The number of fused-ring (bicyclic) bond motifs is 1. The molecule has 0 aromatic heterocycles. The Morgan fingerprint density at radius 3 is 2.95 bits per heavy atom. The molecule has 3 rings (SSSR count). The van der Waals surface area contributed by atoms with Crippen molar-refractivity contribution >= 4 is 18.3 Å². The highest BCUT2D eigenvalue weighted by atomic mass is 35.5. The van der Waals surface area contributed by atoms with Gasteiger partial charge in [0.05, 0.1) is 11.5 Å². The van der Waals surface area contributed by atoms with E-state index >= 15 is 0 Å². The second-order valence-electron chi connectivity index (χ2n) is 6.10. The van der Waals surface area contributed by atoms with Crippen LogP contribution >= 0.6 is 12.4 Å². The Morgan fingerprint density at radius 2 is 2.20 bits per heavy atom. The highest BCUT2D eigenvalue weighted by Crippen LogP contribution is 2.32. The van der Waals surface area contributed by atoms with Crippen LogP contribution < -0.4 is 10.6 Å². The zero-order chi connectivity index (χ0) is 13.3. The molecule has 1 aromatic rings. The third kappa shape index (κ3) is 2.84. The van der Waals surface area contributed by atoms with Crippen LogP contribution in [0.4, 0.5) is 0 Å². The van der Waals surface area contributed by atoms with Gasteiger partial charge in [-0.3, -0.25) is 4.79 Å². The second-order valence-corrected chi connectivity index (χ2v) is 6.10. The summed E-state index contributed by atoms with van der Waals surface area (Å²) in [5.74, 6) is 0.208. The van der Waals surface area contributed by atoms with E-state index in [1.165, 1.54) is 11.1 Å². The lowest BCUT2D eigenvalue weighted by Gasteiger charge is -2.30. The number of carbonyl (C=O) groups excluding carboxylic acids is 1. The number of rotatable bonds is 2. The van der Waals surface area contributed by atoms with Crippen LogP contribution in [-0.4, -0.2) is 19.0 Å². The third-order valence-electron chi connectivity index (χ3n) is 4.59. The van der Waals surface area contributed by atoms with Crippen LogP contribution in [0.5, 0.6) is 0 Å². The first kappa shape index (κ1) is 15.3. The van der Waals surface area contributed by atoms with Crippen molar-refractivity contribution in [1.29, 1.82) is 0 Å². The van der Waals surface area contributed by atoms with Crippen LogP contribution in [0.1, 0.15) is 43.4 Å². The molecule has 4 heteroatoms. The lowest BCUT2D eigenvalue weighted by atomic mass is 9.85. The molecule has 20 heavy (non-hydrogen) atoms. The average molecular weight is 295 g/mol. The quantitative estimate of drug-likeness (QED) is 0.880. The standard InChI is InChI=1S/C16H22N2O.ClH/c1-16(9-10-17-11-16)15(19)18-14-8-4-6-12-5-2-3-7-13(12)14;/h2-3,5,7,14,17H,4,6,8-11H2,1H3,(H,18,19);1H. The summed E-state index contributed by atoms with van der Waals surface area (Å²) >= 11 is 0. The number of carbonyl (C=O) groups is 1. The maximum absolute atomic E-state index is 12.5. The van der Waals surface area contributed by atoms with E-state index in [0.717, 1.165) is 38.8 Å². The molecule has 2 atom stereocenters. The predicted molar refractivity (Wildman–Crippen MR) is 83.1 cm³/mol. The molecule has 1 aliphatic carbocycles. The maximum atomic E-state index is 12.5. The van der Waals surface area contributed by atoms with Gasteiger partial charge in [-0.1, -0.05) is 24.3 Å². The fraction of sp³-hybridized carbons (Fsp3) is 0.562. The van der Waals surface area contributed by atoms with Crippen LogP contribution in [0.25, 0.3) is 0 Å². The van der Waals surface area contributed by atoms with Gasteiger partial charge in [0, 0.05) is 6.54 Å². The Kier molecular flexibility index (Phi) is 4.71. The number of nitrogens with one attached hydrogen (secondary N) is 2. The number of halogens is 1. The molecule has 2 N–H and O–H groups in total. The molecule has 1 aromatic carbocycles. The topological polar surface area (TPSA) is 41.1 Å². The summed E-state index contributed by atoms with van der Waals surface area (Å²) in [5.41, 5.74) is 2.48. The predicted octanol–water partition coefficient (Wildman–Crippen LogP) is 2.60. The van der Waals surface area contributed by atoms with Crippen molar-refractivity contribution in [3.63, 3.8) is 0 Å². The normalized spacial score (nSPS) is 28.4. The smallest absolute Gasteiger partial charge is 0.227 e. The molecule has 0 saturated carbocycles. The van der Waals surface area contributed by atoms with Crippen molar-refractivity contribution in [1.82, 2.24) is 10.6 Å². The molecule has 1 heterocycles. The highest BCUT2D eigenvalue weighted by Gasteiger charge is 2.37. The van der Waals surface area contributed by atoms with Crippen LogP contribution in [-0.2, 0) is 11.2 Å². The van der Waals surface area contributed by atoms with Crippen molar-refractivity contribution < 1.29 is 4.79 Å². The number of benzene rings is 1. The molecule has 0 radical (unpaired) electrons. The van der Waals surface area contributed by atoms with Gasteiger partial charge in [-0.2, -0.15) is 0 Å². The Hall–Kier alpha value is -1.06. The molecule has 2 aliphatic rings. The average Bonchev–Trinajstić information content (AvgIpc) is 2.87. The van der Waals surface area contributed by atoms with E-state index < -0.39 is 0 Å². The van der Waals surface area contributed by atoms with Crippen molar-refractivity contribution in [2.45, 2.75) is 38.6 Å². The molecule has 2 unspecified atom stereocenters. The lowest BCUT2D eigenvalue weighted by molar-refractivity contribution is -0.130. The minimum Gasteiger partial charge on any atom is -0.349 e. The minimum atomic E-state index is -0.230. The summed E-state index contributed by atoms with van der Waals surface area (Å²) in [6, 6.07) is 8.71. The monoisotopic (exact) mass is 294 g/mol. The van der Waals surface area contributed by atoms with E-state index in [9.17, 15) is 4.79 Å². The summed E-state index contributed by atoms with van der Waals surface area (Å²) < 4.78 is 0. The number of amides is 1. The van der Waals surface area contributed by atoms with E-state index in [2.05, 4.69) is 41.8 Å². The van der Waals surface area contributed by atoms with E-state index in [1.807, 2.05) is 0 Å².